The molecule has 3 rings (SSSR count). The number of benzene rings is 3. The Hall–Kier alpha value is -3.10. The molecule has 0 atom stereocenters. The summed E-state index contributed by atoms with van der Waals surface area (Å²) in [6, 6.07) is 19.7. The summed E-state index contributed by atoms with van der Waals surface area (Å²) in [7, 11) is -5.39. The van der Waals surface area contributed by atoms with E-state index < -0.39 is 7.82 Å². The first-order valence-corrected chi connectivity index (χ1v) is 10.6. The van der Waals surface area contributed by atoms with E-state index in [1.807, 2.05) is 0 Å². The molecular weight excluding hydrogens is 502 g/mol. The van der Waals surface area contributed by atoms with Crippen LogP contribution in [-0.4, -0.2) is 0 Å². The second-order valence-electron chi connectivity index (χ2n) is 5.18. The van der Waals surface area contributed by atoms with E-state index in [2.05, 4.69) is 14.9 Å². The lowest BCUT2D eigenvalue weighted by Crippen LogP contribution is -2.24. The number of hydrogen-bond acceptors (Lipinski definition) is 7. The van der Waals surface area contributed by atoms with E-state index in [-0.39, 0.29) is 0 Å². The molecule has 0 bridgehead atoms. The minimum Gasteiger partial charge on any atom is -0.822 e. The van der Waals surface area contributed by atoms with Crippen LogP contribution in [0.15, 0.2) is 72.8 Å². The zero-order valence-corrected chi connectivity index (χ0v) is 19.0. The number of diazo groups is 3. The Labute approximate surface area is 197 Å². The highest BCUT2D eigenvalue weighted by Crippen LogP contribution is 2.16. The van der Waals surface area contributed by atoms with Gasteiger partial charge in [0.15, 0.2) is 14.9 Å². The molecule has 3 aromatic carbocycles. The van der Waals surface area contributed by atoms with E-state index in [9.17, 15) is 0 Å². The third kappa shape index (κ3) is 16.7. The van der Waals surface area contributed by atoms with E-state index in [4.69, 9.17) is 70.2 Å². The van der Waals surface area contributed by atoms with Crippen molar-refractivity contribution in [1.82, 2.24) is 0 Å². The minimum absolute atomic E-state index is 0.513. The van der Waals surface area contributed by atoms with Crippen molar-refractivity contribution in [3.8, 4) is 0 Å². The molecule has 32 heavy (non-hydrogen) atoms. The second kappa shape index (κ2) is 15.7. The van der Waals surface area contributed by atoms with Gasteiger partial charge < -0.3 is 19.2 Å². The van der Waals surface area contributed by atoms with Crippen LogP contribution in [0.25, 0.3) is 14.9 Å². The van der Waals surface area contributed by atoms with Crippen LogP contribution in [0.2, 0.25) is 15.1 Å². The number of nitrogens with zero attached hydrogens (tertiary/aromatic N) is 6. The molecule has 0 radical (unpaired) electrons. The van der Waals surface area contributed by atoms with Gasteiger partial charge in [-0.15, -0.1) is 0 Å². The Kier molecular flexibility index (Phi) is 14.1. The standard InChI is InChI=1S/3C6H4ClN2.H3O4P/c3*7-5-1-3-6(9-8)4-2-5;1-5(2,3)4/h3*1-4H;(H3,1,2,3,4)/q3*+1;/p-3. The maximum absolute atomic E-state index is 8.55. The van der Waals surface area contributed by atoms with Crippen molar-refractivity contribution in [2.45, 2.75) is 0 Å². The molecule has 0 spiro atoms. The highest BCUT2D eigenvalue weighted by Gasteiger charge is 2.01. The molecule has 10 nitrogen and oxygen atoms in total. The van der Waals surface area contributed by atoms with Crippen LogP contribution in [0.5, 0.6) is 0 Å². The molecule has 0 amide bonds. The van der Waals surface area contributed by atoms with Gasteiger partial charge in [-0.05, 0) is 36.4 Å². The van der Waals surface area contributed by atoms with Gasteiger partial charge in [0.05, 0.1) is 0 Å². The van der Waals surface area contributed by atoms with Gasteiger partial charge in [-0.3, -0.25) is 0 Å². The molecule has 0 aliphatic heterocycles. The third-order valence-electron chi connectivity index (χ3n) is 2.83. The second-order valence-corrected chi connectivity index (χ2v) is 7.38. The molecule has 0 N–H and O–H groups in total. The molecule has 0 aliphatic rings. The summed E-state index contributed by atoms with van der Waals surface area (Å²) in [5, 5.41) is 26.6. The van der Waals surface area contributed by atoms with Crippen molar-refractivity contribution in [2.75, 3.05) is 0 Å². The Morgan fingerprint density at radius 1 is 0.531 bits per heavy atom. The van der Waals surface area contributed by atoms with Crippen LogP contribution in [0.3, 0.4) is 0 Å². The van der Waals surface area contributed by atoms with Crippen molar-refractivity contribution < 1.29 is 19.2 Å². The van der Waals surface area contributed by atoms with Crippen molar-refractivity contribution in [3.05, 3.63) is 103 Å². The van der Waals surface area contributed by atoms with E-state index in [1.165, 1.54) is 0 Å². The van der Waals surface area contributed by atoms with Gasteiger partial charge in [0.25, 0.3) is 0 Å². The first-order chi connectivity index (χ1) is 15.0. The molecule has 0 unspecified atom stereocenters. The Morgan fingerprint density at radius 3 is 0.812 bits per heavy atom. The van der Waals surface area contributed by atoms with Crippen molar-refractivity contribution in [1.29, 1.82) is 16.2 Å². The lowest BCUT2D eigenvalue weighted by atomic mass is 10.3. The first kappa shape index (κ1) is 28.9. The van der Waals surface area contributed by atoms with Gasteiger partial charge in [0, 0.05) is 51.5 Å². The molecule has 14 heteroatoms. The molecular formula is C18H12Cl3N6O4P. The van der Waals surface area contributed by atoms with Crippen LogP contribution < -0.4 is 14.7 Å². The minimum atomic E-state index is -5.39. The Bertz CT molecular complexity index is 996. The first-order valence-electron chi connectivity index (χ1n) is 8.03. The van der Waals surface area contributed by atoms with Gasteiger partial charge >= 0.3 is 17.1 Å². The smallest absolute Gasteiger partial charge is 0.385 e. The molecule has 0 heterocycles. The Balaban J connectivity index is 0.000000410. The maximum atomic E-state index is 8.55. The van der Waals surface area contributed by atoms with Crippen LogP contribution in [0.4, 0.5) is 17.1 Å². The fraction of sp³-hybridized carbons (Fsp3) is 0. The van der Waals surface area contributed by atoms with Gasteiger partial charge in [0.1, 0.15) is 0 Å². The lowest BCUT2D eigenvalue weighted by molar-refractivity contribution is -0.432. The summed E-state index contributed by atoms with van der Waals surface area (Å²) in [5.74, 6) is 0. The largest absolute Gasteiger partial charge is 0.822 e. The summed E-state index contributed by atoms with van der Waals surface area (Å²) in [6.45, 7) is 0. The van der Waals surface area contributed by atoms with Crippen LogP contribution >= 0.6 is 42.6 Å². The van der Waals surface area contributed by atoms with Gasteiger partial charge in [-0.2, -0.15) is 7.82 Å². The van der Waals surface area contributed by atoms with E-state index in [0.29, 0.717) is 32.1 Å². The quantitative estimate of drug-likeness (QED) is 0.276. The summed E-state index contributed by atoms with van der Waals surface area (Å²) in [4.78, 5) is 34.5. The summed E-state index contributed by atoms with van der Waals surface area (Å²) >= 11 is 16.6. The summed E-state index contributed by atoms with van der Waals surface area (Å²) in [6.07, 6.45) is 0. The van der Waals surface area contributed by atoms with E-state index in [0.717, 1.165) is 0 Å². The predicted molar refractivity (Wildman–Crippen MR) is 116 cm³/mol. The molecule has 3 aromatic rings. The number of rotatable bonds is 0. The van der Waals surface area contributed by atoms with Crippen LogP contribution in [-0.2, 0) is 4.57 Å². The topological polar surface area (TPSA) is 171 Å². The van der Waals surface area contributed by atoms with Gasteiger partial charge in [-0.25, -0.2) is 0 Å². The van der Waals surface area contributed by atoms with Crippen LogP contribution in [0, 0.1) is 16.2 Å². The average molecular weight is 514 g/mol. The fourth-order valence-electron chi connectivity index (χ4n) is 1.52. The molecule has 0 aliphatic carbocycles. The summed E-state index contributed by atoms with van der Waals surface area (Å²) < 4.78 is 8.55. The highest BCUT2D eigenvalue weighted by molar-refractivity contribution is 7.40. The third-order valence-corrected chi connectivity index (χ3v) is 3.58. The normalized spacial score (nSPS) is 8.97. The number of hydrogen-bond donors (Lipinski definition) is 0. The monoisotopic (exact) mass is 512 g/mol. The van der Waals surface area contributed by atoms with Crippen LogP contribution in [0.1, 0.15) is 0 Å². The fourth-order valence-corrected chi connectivity index (χ4v) is 1.90. The molecule has 0 saturated heterocycles. The molecule has 164 valence electrons. The zero-order valence-electron chi connectivity index (χ0n) is 15.8. The van der Waals surface area contributed by atoms with E-state index in [1.54, 1.807) is 72.8 Å². The lowest BCUT2D eigenvalue weighted by Gasteiger charge is -2.36. The zero-order chi connectivity index (χ0) is 24.6. The number of halogens is 3. The molecule has 0 fully saturated rings. The van der Waals surface area contributed by atoms with Crippen molar-refractivity contribution in [2.24, 2.45) is 0 Å². The SMILES string of the molecule is N#[N+]c1ccc(Cl)cc1.N#[N+]c1ccc(Cl)cc1.N#[N+]c1ccc(Cl)cc1.O=P([O-])([O-])[O-]. The predicted octanol–water partition coefficient (Wildman–Crippen LogP) is 5.65. The van der Waals surface area contributed by atoms with Crippen molar-refractivity contribution >= 4 is 59.7 Å². The number of phosphoric acid groups is 1. The maximum Gasteiger partial charge on any atom is 0.385 e. The average Bonchev–Trinajstić information content (AvgIpc) is 2.75. The molecule has 0 aromatic heterocycles. The highest BCUT2D eigenvalue weighted by atomic mass is 35.5. The molecule has 0 saturated carbocycles. The van der Waals surface area contributed by atoms with Gasteiger partial charge in [0.2, 0.25) is 16.2 Å². The van der Waals surface area contributed by atoms with Crippen molar-refractivity contribution in [3.63, 3.8) is 0 Å². The van der Waals surface area contributed by atoms with E-state index >= 15 is 0 Å². The van der Waals surface area contributed by atoms with Gasteiger partial charge in [-0.1, -0.05) is 34.8 Å². The Morgan fingerprint density at radius 2 is 0.688 bits per heavy atom. The summed E-state index contributed by atoms with van der Waals surface area (Å²) in [5.41, 5.74) is 1.54.